The van der Waals surface area contributed by atoms with Crippen molar-refractivity contribution in [1.82, 2.24) is 0 Å². The van der Waals surface area contributed by atoms with E-state index in [-0.39, 0.29) is 31.1 Å². The van der Waals surface area contributed by atoms with Crippen LogP contribution >= 0.6 is 0 Å². The molecule has 6 heteroatoms. The van der Waals surface area contributed by atoms with Crippen molar-refractivity contribution < 1.29 is 28.6 Å². The van der Waals surface area contributed by atoms with Crippen molar-refractivity contribution in [3.8, 4) is 0 Å². The topological polar surface area (TPSA) is 78.9 Å². The molecule has 6 nitrogen and oxygen atoms in total. The zero-order chi connectivity index (χ0) is 50.0. The molecule has 0 spiro atoms. The van der Waals surface area contributed by atoms with Crippen molar-refractivity contribution in [2.75, 3.05) is 13.2 Å². The molecule has 0 aliphatic carbocycles. The van der Waals surface area contributed by atoms with Crippen LogP contribution in [0.2, 0.25) is 0 Å². The Morgan fingerprint density at radius 3 is 0.899 bits per heavy atom. The number of carbonyl (C=O) groups excluding carboxylic acids is 3. The van der Waals surface area contributed by atoms with Crippen molar-refractivity contribution in [1.29, 1.82) is 0 Å². The third-order valence-corrected chi connectivity index (χ3v) is 11.1. The molecular weight excluding hydrogens is 853 g/mol. The Kier molecular flexibility index (Phi) is 52.5. The summed E-state index contributed by atoms with van der Waals surface area (Å²) in [6.07, 6.45) is 78.6. The highest BCUT2D eigenvalue weighted by Crippen LogP contribution is 2.12. The summed E-state index contributed by atoms with van der Waals surface area (Å²) in [7, 11) is 0. The van der Waals surface area contributed by atoms with Gasteiger partial charge in [0.2, 0.25) is 0 Å². The van der Waals surface area contributed by atoms with E-state index in [9.17, 15) is 14.4 Å². The molecule has 388 valence electrons. The molecule has 0 N–H and O–H groups in total. The highest BCUT2D eigenvalue weighted by atomic mass is 16.6. The summed E-state index contributed by atoms with van der Waals surface area (Å²) in [5.74, 6) is -0.986. The summed E-state index contributed by atoms with van der Waals surface area (Å²) in [6, 6.07) is 0. The summed E-state index contributed by atoms with van der Waals surface area (Å²) >= 11 is 0. The minimum Gasteiger partial charge on any atom is -0.462 e. The van der Waals surface area contributed by atoms with Gasteiger partial charge in [0, 0.05) is 19.3 Å². The molecule has 0 unspecified atom stereocenters. The molecule has 0 aromatic carbocycles. The molecule has 1 atom stereocenters. The van der Waals surface area contributed by atoms with Crippen LogP contribution in [0.1, 0.15) is 226 Å². The summed E-state index contributed by atoms with van der Waals surface area (Å²) in [5.41, 5.74) is 0. The predicted molar refractivity (Wildman–Crippen MR) is 297 cm³/mol. The lowest BCUT2D eigenvalue weighted by Gasteiger charge is -2.18. The van der Waals surface area contributed by atoms with Crippen molar-refractivity contribution in [3.05, 3.63) is 134 Å². The van der Waals surface area contributed by atoms with Crippen LogP contribution in [0.3, 0.4) is 0 Å². The quantitative estimate of drug-likeness (QED) is 0.0262. The number of carbonyl (C=O) groups is 3. The second-order valence-electron chi connectivity index (χ2n) is 17.7. The van der Waals surface area contributed by atoms with Gasteiger partial charge >= 0.3 is 17.9 Å². The van der Waals surface area contributed by atoms with Gasteiger partial charge in [-0.1, -0.05) is 206 Å². The minimum atomic E-state index is -0.815. The molecule has 0 saturated heterocycles. The number of esters is 3. The Labute approximate surface area is 424 Å². The van der Waals surface area contributed by atoms with Crippen molar-refractivity contribution in [2.45, 2.75) is 232 Å². The molecule has 0 radical (unpaired) electrons. The van der Waals surface area contributed by atoms with Gasteiger partial charge in [-0.05, 0) is 135 Å². The van der Waals surface area contributed by atoms with Crippen molar-refractivity contribution in [3.63, 3.8) is 0 Å². The maximum atomic E-state index is 12.8. The summed E-state index contributed by atoms with van der Waals surface area (Å²) in [6.45, 7) is 6.31. The van der Waals surface area contributed by atoms with E-state index in [0.717, 1.165) is 161 Å². The summed E-state index contributed by atoms with van der Waals surface area (Å²) < 4.78 is 16.8. The number of hydrogen-bond acceptors (Lipinski definition) is 6. The van der Waals surface area contributed by atoms with Gasteiger partial charge in [-0.3, -0.25) is 14.4 Å². The number of allylic oxidation sites excluding steroid dienone is 22. The number of unbranched alkanes of at least 4 members (excludes halogenated alkanes) is 15. The first-order valence-corrected chi connectivity index (χ1v) is 27.7. The maximum Gasteiger partial charge on any atom is 0.306 e. The maximum absolute atomic E-state index is 12.8. The monoisotopic (exact) mass is 953 g/mol. The molecule has 0 aromatic rings. The van der Waals surface area contributed by atoms with E-state index in [2.05, 4.69) is 154 Å². The summed E-state index contributed by atoms with van der Waals surface area (Å²) in [4.78, 5) is 38.1. The van der Waals surface area contributed by atoms with E-state index in [1.165, 1.54) is 25.7 Å². The Morgan fingerprint density at radius 2 is 0.565 bits per heavy atom. The molecule has 0 heterocycles. The van der Waals surface area contributed by atoms with E-state index in [1.54, 1.807) is 0 Å². The third kappa shape index (κ3) is 54.4. The van der Waals surface area contributed by atoms with Gasteiger partial charge in [-0.2, -0.15) is 0 Å². The summed E-state index contributed by atoms with van der Waals surface area (Å²) in [5, 5.41) is 0. The van der Waals surface area contributed by atoms with Crippen LogP contribution in [-0.4, -0.2) is 37.2 Å². The molecule has 0 saturated carbocycles. The average molecular weight is 953 g/mol. The van der Waals surface area contributed by atoms with Crippen LogP contribution < -0.4 is 0 Å². The van der Waals surface area contributed by atoms with Crippen molar-refractivity contribution >= 4 is 17.9 Å². The molecule has 0 aliphatic heterocycles. The van der Waals surface area contributed by atoms with E-state index in [0.29, 0.717) is 19.3 Å². The third-order valence-electron chi connectivity index (χ3n) is 11.1. The zero-order valence-corrected chi connectivity index (χ0v) is 44.3. The highest BCUT2D eigenvalue weighted by molar-refractivity contribution is 5.71. The molecule has 0 aliphatic rings. The van der Waals surface area contributed by atoms with Gasteiger partial charge < -0.3 is 14.2 Å². The molecule has 0 fully saturated rings. The fourth-order valence-electron chi connectivity index (χ4n) is 7.02. The Hall–Kier alpha value is -4.45. The Bertz CT molecular complexity index is 1510. The van der Waals surface area contributed by atoms with Crippen molar-refractivity contribution in [2.24, 2.45) is 0 Å². The first-order chi connectivity index (χ1) is 34.0. The zero-order valence-electron chi connectivity index (χ0n) is 44.3. The van der Waals surface area contributed by atoms with Gasteiger partial charge in [0.1, 0.15) is 13.2 Å². The highest BCUT2D eigenvalue weighted by Gasteiger charge is 2.19. The van der Waals surface area contributed by atoms with Crippen LogP contribution in [0.4, 0.5) is 0 Å². The van der Waals surface area contributed by atoms with Crippen LogP contribution in [0.5, 0.6) is 0 Å². The van der Waals surface area contributed by atoms with Crippen LogP contribution in [0.15, 0.2) is 134 Å². The molecule has 0 aromatic heterocycles. The Morgan fingerprint density at radius 1 is 0.304 bits per heavy atom. The second-order valence-corrected chi connectivity index (χ2v) is 17.7. The minimum absolute atomic E-state index is 0.112. The first-order valence-electron chi connectivity index (χ1n) is 27.7. The largest absolute Gasteiger partial charge is 0.462 e. The van der Waals surface area contributed by atoms with E-state index >= 15 is 0 Å². The van der Waals surface area contributed by atoms with Crippen LogP contribution in [0.25, 0.3) is 0 Å². The van der Waals surface area contributed by atoms with Gasteiger partial charge in [0.25, 0.3) is 0 Å². The van der Waals surface area contributed by atoms with Gasteiger partial charge in [0.15, 0.2) is 6.10 Å². The second kappa shape index (κ2) is 56.1. The molecule has 0 rings (SSSR count). The number of hydrogen-bond donors (Lipinski definition) is 0. The van der Waals surface area contributed by atoms with E-state index in [4.69, 9.17) is 14.2 Å². The lowest BCUT2D eigenvalue weighted by atomic mass is 10.1. The first kappa shape index (κ1) is 64.5. The predicted octanol–water partition coefficient (Wildman–Crippen LogP) is 18.6. The molecule has 0 amide bonds. The number of ether oxygens (including phenoxy) is 3. The lowest BCUT2D eigenvalue weighted by molar-refractivity contribution is -0.167. The molecule has 0 bridgehead atoms. The van der Waals surface area contributed by atoms with E-state index < -0.39 is 6.10 Å². The average Bonchev–Trinajstić information content (AvgIpc) is 3.35. The fourth-order valence-corrected chi connectivity index (χ4v) is 7.02. The standard InChI is InChI=1S/C63H100O6/c1-4-7-10-13-16-19-22-25-28-30-31-33-36-38-41-44-47-50-53-56-62(65)68-59-60(69-63(66)57-54-51-48-45-42-39-34-27-24-21-18-15-12-9-6-3)58-67-61(64)55-52-49-46-43-40-37-35-32-29-26-23-20-17-14-11-8-5-2/h7-8,10-11,16-21,25-29,31,33-35,37-38,41,60H,4-6,9,12-15,22-24,30,32,36,39-40,42-59H2,1-3H3/b10-7-,11-8-,19-16-,20-17-,21-18-,28-25-,29-26-,33-31-,34-27-,37-35-,41-38-/t60-/m0/s1. The molecular formula is C63H100O6. The lowest BCUT2D eigenvalue weighted by Crippen LogP contribution is -2.30. The number of rotatable bonds is 48. The van der Waals surface area contributed by atoms with E-state index in [1.807, 2.05) is 0 Å². The van der Waals surface area contributed by atoms with Gasteiger partial charge in [-0.25, -0.2) is 0 Å². The Balaban J connectivity index is 4.54. The smallest absolute Gasteiger partial charge is 0.306 e. The van der Waals surface area contributed by atoms with Gasteiger partial charge in [-0.15, -0.1) is 0 Å². The fraction of sp³-hybridized carbons (Fsp3) is 0.603. The molecule has 69 heavy (non-hydrogen) atoms. The normalized spacial score (nSPS) is 13.1. The SMILES string of the molecule is CC/C=C\C/C=C\C/C=C\C/C=C\C/C=C\CCCCCC(=O)OC[C@H](COC(=O)CCCCCC/C=C\C/C=C\C/C=C\C/C=C\CC)OC(=O)CCCCCCC/C=C\C/C=C\CCCCC. The van der Waals surface area contributed by atoms with Crippen LogP contribution in [0, 0.1) is 0 Å². The van der Waals surface area contributed by atoms with Gasteiger partial charge in [0.05, 0.1) is 0 Å². The van der Waals surface area contributed by atoms with Crippen LogP contribution in [-0.2, 0) is 28.6 Å².